The minimum absolute atomic E-state index is 0.0642. The molecule has 1 heterocycles. The van der Waals surface area contributed by atoms with Crippen molar-refractivity contribution in [2.24, 2.45) is 16.8 Å². The normalized spacial score (nSPS) is 24.3. The summed E-state index contributed by atoms with van der Waals surface area (Å²) in [5.41, 5.74) is 6.71. The molecule has 1 atom stereocenters. The van der Waals surface area contributed by atoms with E-state index in [-0.39, 0.29) is 17.7 Å². The molecule has 0 aromatic rings. The van der Waals surface area contributed by atoms with Crippen LogP contribution in [-0.4, -0.2) is 34.9 Å². The fourth-order valence-electron chi connectivity index (χ4n) is 2.34. The maximum Gasteiger partial charge on any atom is 0.223 e. The Morgan fingerprint density at radius 1 is 1.53 bits per heavy atom. The number of piperidine rings is 1. The molecule has 0 spiro atoms. The van der Waals surface area contributed by atoms with Crippen LogP contribution < -0.4 is 5.73 Å². The summed E-state index contributed by atoms with van der Waals surface area (Å²) >= 11 is 0. The summed E-state index contributed by atoms with van der Waals surface area (Å²) in [5.74, 6) is 0.0919. The molecule has 102 valence electrons. The van der Waals surface area contributed by atoms with Crippen LogP contribution in [0, 0.1) is 5.92 Å². The third-order valence-corrected chi connectivity index (χ3v) is 3.50. The van der Waals surface area contributed by atoms with Crippen LogP contribution in [0.2, 0.25) is 0 Å². The van der Waals surface area contributed by atoms with Crippen molar-refractivity contribution in [3.8, 4) is 0 Å². The van der Waals surface area contributed by atoms with E-state index in [4.69, 9.17) is 10.9 Å². The molecule has 1 amide bonds. The van der Waals surface area contributed by atoms with Gasteiger partial charge in [-0.15, -0.1) is 0 Å². The Balaban J connectivity index is 1.93. The van der Waals surface area contributed by atoms with Gasteiger partial charge in [0, 0.05) is 25.4 Å². The van der Waals surface area contributed by atoms with Gasteiger partial charge in [0.1, 0.15) is 5.84 Å². The second kappa shape index (κ2) is 6.22. The molecule has 3 N–H and O–H groups in total. The number of allylic oxidation sites excluding steroid dienone is 4. The molecule has 1 saturated heterocycles. The fourth-order valence-corrected chi connectivity index (χ4v) is 2.34. The molecular formula is C14H19N3O2. The van der Waals surface area contributed by atoms with Crippen molar-refractivity contribution in [2.45, 2.75) is 19.3 Å². The lowest BCUT2D eigenvalue weighted by molar-refractivity contribution is -0.133. The Kier molecular flexibility index (Phi) is 4.39. The number of hydrogen-bond donors (Lipinski definition) is 2. The highest BCUT2D eigenvalue weighted by atomic mass is 16.4. The van der Waals surface area contributed by atoms with E-state index in [0.717, 1.165) is 18.4 Å². The Morgan fingerprint density at radius 3 is 3.11 bits per heavy atom. The van der Waals surface area contributed by atoms with Crippen LogP contribution in [0.25, 0.3) is 0 Å². The van der Waals surface area contributed by atoms with Gasteiger partial charge in [-0.05, 0) is 18.4 Å². The van der Waals surface area contributed by atoms with Gasteiger partial charge in [0.15, 0.2) is 0 Å². The average Bonchev–Trinajstić information content (AvgIpc) is 2.68. The maximum atomic E-state index is 12.1. The molecule has 5 nitrogen and oxygen atoms in total. The maximum absolute atomic E-state index is 12.1. The summed E-state index contributed by atoms with van der Waals surface area (Å²) in [6.07, 6.45) is 12.2. The lowest BCUT2D eigenvalue weighted by atomic mass is 9.95. The highest BCUT2D eigenvalue weighted by Gasteiger charge is 2.28. The van der Waals surface area contributed by atoms with Crippen molar-refractivity contribution in [3.63, 3.8) is 0 Å². The first kappa shape index (κ1) is 13.4. The third-order valence-electron chi connectivity index (χ3n) is 3.50. The number of amidine groups is 1. The quantitative estimate of drug-likeness (QED) is 0.349. The Bertz CT molecular complexity index is 463. The molecule has 1 aliphatic heterocycles. The van der Waals surface area contributed by atoms with Crippen molar-refractivity contribution < 1.29 is 10.0 Å². The Morgan fingerprint density at radius 2 is 2.37 bits per heavy atom. The third kappa shape index (κ3) is 3.47. The number of likely N-dealkylation sites (tertiary alicyclic amines) is 1. The minimum Gasteiger partial charge on any atom is -0.409 e. The highest BCUT2D eigenvalue weighted by molar-refractivity contribution is 5.89. The number of oxime groups is 1. The van der Waals surface area contributed by atoms with E-state index in [1.807, 2.05) is 23.1 Å². The molecule has 0 aromatic carbocycles. The van der Waals surface area contributed by atoms with E-state index >= 15 is 0 Å². The molecular weight excluding hydrogens is 242 g/mol. The summed E-state index contributed by atoms with van der Waals surface area (Å²) in [4.78, 5) is 13.9. The van der Waals surface area contributed by atoms with E-state index in [9.17, 15) is 4.79 Å². The molecule has 5 heteroatoms. The van der Waals surface area contributed by atoms with Gasteiger partial charge in [0.25, 0.3) is 0 Å². The number of rotatable bonds is 3. The molecule has 19 heavy (non-hydrogen) atoms. The molecule has 2 rings (SSSR count). The van der Waals surface area contributed by atoms with Crippen LogP contribution in [-0.2, 0) is 4.79 Å². The molecule has 1 fully saturated rings. The van der Waals surface area contributed by atoms with Gasteiger partial charge < -0.3 is 15.8 Å². The SMILES string of the molecule is NC(=NO)C1CCN(CC2=CCC=CC=C2)C(=O)C1. The number of carbonyl (C=O) groups is 1. The summed E-state index contributed by atoms with van der Waals surface area (Å²) in [7, 11) is 0. The second-order valence-electron chi connectivity index (χ2n) is 4.83. The van der Waals surface area contributed by atoms with Gasteiger partial charge in [-0.1, -0.05) is 35.5 Å². The molecule has 0 aromatic heterocycles. The van der Waals surface area contributed by atoms with Crippen LogP contribution in [0.15, 0.2) is 41.1 Å². The van der Waals surface area contributed by atoms with Gasteiger partial charge in [0.2, 0.25) is 5.91 Å². The molecule has 0 radical (unpaired) electrons. The summed E-state index contributed by atoms with van der Waals surface area (Å²) in [5, 5.41) is 11.6. The Labute approximate surface area is 112 Å². The van der Waals surface area contributed by atoms with E-state index in [2.05, 4.69) is 17.3 Å². The average molecular weight is 261 g/mol. The van der Waals surface area contributed by atoms with Crippen molar-refractivity contribution in [3.05, 3.63) is 36.0 Å². The molecule has 1 unspecified atom stereocenters. The lowest BCUT2D eigenvalue weighted by Gasteiger charge is -2.31. The topological polar surface area (TPSA) is 78.9 Å². The Hall–Kier alpha value is -2.04. The molecule has 1 aliphatic carbocycles. The van der Waals surface area contributed by atoms with Gasteiger partial charge in [-0.3, -0.25) is 4.79 Å². The number of nitrogens with zero attached hydrogens (tertiary/aromatic N) is 2. The zero-order valence-corrected chi connectivity index (χ0v) is 10.8. The number of carbonyl (C=O) groups excluding carboxylic acids is 1. The van der Waals surface area contributed by atoms with Crippen LogP contribution in [0.3, 0.4) is 0 Å². The highest BCUT2D eigenvalue weighted by Crippen LogP contribution is 2.20. The molecule has 2 aliphatic rings. The largest absolute Gasteiger partial charge is 0.409 e. The van der Waals surface area contributed by atoms with Gasteiger partial charge >= 0.3 is 0 Å². The monoisotopic (exact) mass is 261 g/mol. The second-order valence-corrected chi connectivity index (χ2v) is 4.83. The van der Waals surface area contributed by atoms with Crippen LogP contribution >= 0.6 is 0 Å². The smallest absolute Gasteiger partial charge is 0.223 e. The number of hydrogen-bond acceptors (Lipinski definition) is 3. The van der Waals surface area contributed by atoms with Crippen LogP contribution in [0.1, 0.15) is 19.3 Å². The van der Waals surface area contributed by atoms with Crippen LogP contribution in [0.5, 0.6) is 0 Å². The van der Waals surface area contributed by atoms with E-state index in [0.29, 0.717) is 19.5 Å². The van der Waals surface area contributed by atoms with Crippen molar-refractivity contribution in [1.82, 2.24) is 4.90 Å². The standard InChI is InChI=1S/C14H19N3O2/c15-14(16-19)12-7-8-17(13(18)9-12)10-11-5-3-1-2-4-6-11/h1-3,5-6,12,19H,4,7-10H2,(H2,15,16). The van der Waals surface area contributed by atoms with E-state index < -0.39 is 0 Å². The predicted octanol–water partition coefficient (Wildman–Crippen LogP) is 1.41. The van der Waals surface area contributed by atoms with Gasteiger partial charge in [-0.25, -0.2) is 0 Å². The van der Waals surface area contributed by atoms with Crippen molar-refractivity contribution in [2.75, 3.05) is 13.1 Å². The lowest BCUT2D eigenvalue weighted by Crippen LogP contribution is -2.43. The van der Waals surface area contributed by atoms with Crippen LogP contribution in [0.4, 0.5) is 0 Å². The fraction of sp³-hybridized carbons (Fsp3) is 0.429. The summed E-state index contributed by atoms with van der Waals surface area (Å²) in [6, 6.07) is 0. The number of amides is 1. The molecule has 0 bridgehead atoms. The van der Waals surface area contributed by atoms with E-state index in [1.165, 1.54) is 0 Å². The first-order valence-corrected chi connectivity index (χ1v) is 6.48. The van der Waals surface area contributed by atoms with Gasteiger partial charge in [0.05, 0.1) is 0 Å². The zero-order chi connectivity index (χ0) is 13.7. The summed E-state index contributed by atoms with van der Waals surface area (Å²) < 4.78 is 0. The number of nitrogens with two attached hydrogens (primary N) is 1. The minimum atomic E-state index is -0.130. The first-order chi connectivity index (χ1) is 9.20. The summed E-state index contributed by atoms with van der Waals surface area (Å²) in [6.45, 7) is 1.29. The van der Waals surface area contributed by atoms with Gasteiger partial charge in [-0.2, -0.15) is 0 Å². The molecule has 0 saturated carbocycles. The van der Waals surface area contributed by atoms with Crippen molar-refractivity contribution >= 4 is 11.7 Å². The first-order valence-electron chi connectivity index (χ1n) is 6.48. The van der Waals surface area contributed by atoms with E-state index in [1.54, 1.807) is 0 Å². The zero-order valence-electron chi connectivity index (χ0n) is 10.8. The van der Waals surface area contributed by atoms with Crippen molar-refractivity contribution in [1.29, 1.82) is 0 Å². The predicted molar refractivity (Wildman–Crippen MR) is 73.7 cm³/mol.